The molecule has 1 aromatic carbocycles. The van der Waals surface area contributed by atoms with Crippen molar-refractivity contribution in [2.24, 2.45) is 17.1 Å². The van der Waals surface area contributed by atoms with Crippen molar-refractivity contribution >= 4 is 11.0 Å². The second kappa shape index (κ2) is 4.23. The number of nitrogens with two attached hydrogens (primary N) is 1. The van der Waals surface area contributed by atoms with Crippen LogP contribution in [0.3, 0.4) is 0 Å². The molecule has 2 aromatic rings. The fraction of sp³-hybridized carbons (Fsp3) is 0.533. The summed E-state index contributed by atoms with van der Waals surface area (Å²) in [5.41, 5.74) is 9.41. The standard InChI is InChI=1S/C15H21N3O/c1-15(2)7-3-4-10(15)13(16)9-5-6-11-12(8-9)18-14(19)17-11/h5-6,8,10,13H,3-4,7,16H2,1-2H3,(H2,17,18,19). The molecule has 4 heteroatoms. The zero-order chi connectivity index (χ0) is 13.6. The second-order valence-electron chi connectivity index (χ2n) is 6.40. The number of rotatable bonds is 2. The molecule has 2 atom stereocenters. The molecule has 3 rings (SSSR count). The molecule has 4 nitrogen and oxygen atoms in total. The van der Waals surface area contributed by atoms with Gasteiger partial charge in [0.25, 0.3) is 0 Å². The van der Waals surface area contributed by atoms with Gasteiger partial charge in [0.05, 0.1) is 11.0 Å². The van der Waals surface area contributed by atoms with E-state index in [0.29, 0.717) is 11.3 Å². The summed E-state index contributed by atoms with van der Waals surface area (Å²) in [6.45, 7) is 4.61. The third-order valence-corrected chi connectivity index (χ3v) is 4.70. The lowest BCUT2D eigenvalue weighted by molar-refractivity contribution is 0.222. The molecule has 1 heterocycles. The van der Waals surface area contributed by atoms with Crippen molar-refractivity contribution < 1.29 is 0 Å². The topological polar surface area (TPSA) is 74.7 Å². The van der Waals surface area contributed by atoms with Crippen LogP contribution in [0.1, 0.15) is 44.7 Å². The average Bonchev–Trinajstić information content (AvgIpc) is 2.88. The normalized spacial score (nSPS) is 23.8. The number of imidazole rings is 1. The van der Waals surface area contributed by atoms with Gasteiger partial charge in [0.1, 0.15) is 0 Å². The van der Waals surface area contributed by atoms with E-state index in [1.165, 1.54) is 19.3 Å². The summed E-state index contributed by atoms with van der Waals surface area (Å²) in [6.07, 6.45) is 3.69. The lowest BCUT2D eigenvalue weighted by Gasteiger charge is -2.32. The molecule has 0 spiro atoms. The highest BCUT2D eigenvalue weighted by atomic mass is 16.1. The van der Waals surface area contributed by atoms with Gasteiger partial charge in [-0.2, -0.15) is 0 Å². The highest BCUT2D eigenvalue weighted by Gasteiger charge is 2.38. The van der Waals surface area contributed by atoms with Gasteiger partial charge >= 0.3 is 5.69 Å². The van der Waals surface area contributed by atoms with E-state index in [4.69, 9.17) is 5.73 Å². The third kappa shape index (κ3) is 2.10. The Bertz CT molecular complexity index is 653. The molecule has 0 aliphatic heterocycles. The van der Waals surface area contributed by atoms with Gasteiger partial charge in [-0.15, -0.1) is 0 Å². The fourth-order valence-electron chi connectivity index (χ4n) is 3.51. The molecule has 0 bridgehead atoms. The summed E-state index contributed by atoms with van der Waals surface area (Å²) in [5.74, 6) is 0.510. The molecule has 1 aliphatic carbocycles. The zero-order valence-corrected chi connectivity index (χ0v) is 11.5. The van der Waals surface area contributed by atoms with Crippen molar-refractivity contribution in [2.75, 3.05) is 0 Å². The van der Waals surface area contributed by atoms with Crippen molar-refractivity contribution in [1.82, 2.24) is 9.97 Å². The quantitative estimate of drug-likeness (QED) is 0.775. The first-order chi connectivity index (χ1) is 8.97. The Hall–Kier alpha value is -1.55. The summed E-state index contributed by atoms with van der Waals surface area (Å²) in [5, 5.41) is 0. The largest absolute Gasteiger partial charge is 0.324 e. The molecular formula is C15H21N3O. The molecule has 2 unspecified atom stereocenters. The minimum atomic E-state index is -0.165. The molecule has 0 amide bonds. The smallest absolute Gasteiger partial charge is 0.323 e. The molecule has 1 fully saturated rings. The van der Waals surface area contributed by atoms with Crippen LogP contribution in [0.4, 0.5) is 0 Å². The van der Waals surface area contributed by atoms with Gasteiger partial charge in [0.2, 0.25) is 0 Å². The highest BCUT2D eigenvalue weighted by molar-refractivity contribution is 5.75. The van der Waals surface area contributed by atoms with Crippen LogP contribution in [0.2, 0.25) is 0 Å². The Kier molecular flexibility index (Phi) is 2.78. The van der Waals surface area contributed by atoms with Crippen LogP contribution in [0.15, 0.2) is 23.0 Å². The lowest BCUT2D eigenvalue weighted by atomic mass is 9.76. The van der Waals surface area contributed by atoms with Gasteiger partial charge in [-0.05, 0) is 41.9 Å². The Labute approximate surface area is 112 Å². The summed E-state index contributed by atoms with van der Waals surface area (Å²) < 4.78 is 0. The molecular weight excluding hydrogens is 238 g/mol. The number of benzene rings is 1. The average molecular weight is 259 g/mol. The third-order valence-electron chi connectivity index (χ3n) is 4.70. The molecule has 1 saturated carbocycles. The van der Waals surface area contributed by atoms with Crippen LogP contribution >= 0.6 is 0 Å². The predicted octanol–water partition coefficient (Wildman–Crippen LogP) is 2.68. The predicted molar refractivity (Wildman–Crippen MR) is 77.0 cm³/mol. The van der Waals surface area contributed by atoms with E-state index in [2.05, 4.69) is 23.8 Å². The maximum atomic E-state index is 11.3. The number of nitrogens with one attached hydrogen (secondary N) is 2. The molecule has 102 valence electrons. The lowest BCUT2D eigenvalue weighted by Crippen LogP contribution is -2.29. The first kappa shape index (κ1) is 12.5. The summed E-state index contributed by atoms with van der Waals surface area (Å²) >= 11 is 0. The zero-order valence-electron chi connectivity index (χ0n) is 11.5. The number of aromatic amines is 2. The second-order valence-corrected chi connectivity index (χ2v) is 6.40. The van der Waals surface area contributed by atoms with E-state index >= 15 is 0 Å². The fourth-order valence-corrected chi connectivity index (χ4v) is 3.51. The minimum absolute atomic E-state index is 0.0419. The number of aromatic nitrogens is 2. The molecule has 1 aromatic heterocycles. The summed E-state index contributed by atoms with van der Waals surface area (Å²) in [7, 11) is 0. The molecule has 4 N–H and O–H groups in total. The van der Waals surface area contributed by atoms with Crippen LogP contribution < -0.4 is 11.4 Å². The van der Waals surface area contributed by atoms with Crippen molar-refractivity contribution in [3.63, 3.8) is 0 Å². The van der Waals surface area contributed by atoms with Gasteiger partial charge in [0, 0.05) is 6.04 Å². The Balaban J connectivity index is 1.97. The molecule has 0 radical (unpaired) electrons. The summed E-state index contributed by atoms with van der Waals surface area (Å²) in [6, 6.07) is 6.02. The molecule has 0 saturated heterocycles. The Morgan fingerprint density at radius 2 is 2.05 bits per heavy atom. The Morgan fingerprint density at radius 3 is 2.74 bits per heavy atom. The molecule has 19 heavy (non-hydrogen) atoms. The van der Waals surface area contributed by atoms with Crippen molar-refractivity contribution in [3.05, 3.63) is 34.2 Å². The van der Waals surface area contributed by atoms with E-state index in [1.807, 2.05) is 18.2 Å². The number of H-pyrrole nitrogens is 2. The van der Waals surface area contributed by atoms with Crippen molar-refractivity contribution in [1.29, 1.82) is 0 Å². The number of fused-ring (bicyclic) bond motifs is 1. The van der Waals surface area contributed by atoms with Crippen molar-refractivity contribution in [2.45, 2.75) is 39.2 Å². The van der Waals surface area contributed by atoms with Gasteiger partial charge in [0.15, 0.2) is 0 Å². The minimum Gasteiger partial charge on any atom is -0.324 e. The van der Waals surface area contributed by atoms with Crippen LogP contribution in [-0.2, 0) is 0 Å². The van der Waals surface area contributed by atoms with E-state index in [9.17, 15) is 4.79 Å². The van der Waals surface area contributed by atoms with Crippen LogP contribution in [0, 0.1) is 11.3 Å². The van der Waals surface area contributed by atoms with Gasteiger partial charge in [-0.25, -0.2) is 4.79 Å². The van der Waals surface area contributed by atoms with E-state index in [0.717, 1.165) is 16.6 Å². The highest BCUT2D eigenvalue weighted by Crippen LogP contribution is 2.47. The van der Waals surface area contributed by atoms with E-state index in [-0.39, 0.29) is 11.7 Å². The maximum absolute atomic E-state index is 11.3. The van der Waals surface area contributed by atoms with Crippen LogP contribution in [0.5, 0.6) is 0 Å². The Morgan fingerprint density at radius 1 is 1.32 bits per heavy atom. The first-order valence-electron chi connectivity index (χ1n) is 6.95. The monoisotopic (exact) mass is 259 g/mol. The summed E-state index contributed by atoms with van der Waals surface area (Å²) in [4.78, 5) is 16.8. The SMILES string of the molecule is CC1(C)CCCC1C(N)c1ccc2[nH]c(=O)[nH]c2c1. The van der Waals surface area contributed by atoms with E-state index in [1.54, 1.807) is 0 Å². The van der Waals surface area contributed by atoms with Gasteiger partial charge in [-0.1, -0.05) is 26.3 Å². The van der Waals surface area contributed by atoms with Gasteiger partial charge in [-0.3, -0.25) is 0 Å². The van der Waals surface area contributed by atoms with Gasteiger partial charge < -0.3 is 15.7 Å². The van der Waals surface area contributed by atoms with Crippen molar-refractivity contribution in [3.8, 4) is 0 Å². The van der Waals surface area contributed by atoms with E-state index < -0.39 is 0 Å². The first-order valence-corrected chi connectivity index (χ1v) is 6.95. The number of hydrogen-bond donors (Lipinski definition) is 3. The van der Waals surface area contributed by atoms with Crippen LogP contribution in [-0.4, -0.2) is 9.97 Å². The molecule has 1 aliphatic rings. The maximum Gasteiger partial charge on any atom is 0.323 e. The number of hydrogen-bond acceptors (Lipinski definition) is 2. The van der Waals surface area contributed by atoms with Crippen LogP contribution in [0.25, 0.3) is 11.0 Å².